The number of rotatable bonds is 3. The van der Waals surface area contributed by atoms with E-state index in [4.69, 9.17) is 27.5 Å². The molecule has 1 heterocycles. The number of hydrogen-bond donors (Lipinski definition) is 2. The van der Waals surface area contributed by atoms with Crippen molar-refractivity contribution in [3.05, 3.63) is 53.3 Å². The van der Waals surface area contributed by atoms with Gasteiger partial charge in [-0.25, -0.2) is 0 Å². The third kappa shape index (κ3) is 2.95. The van der Waals surface area contributed by atoms with Crippen LogP contribution >= 0.6 is 11.6 Å². The summed E-state index contributed by atoms with van der Waals surface area (Å²) in [4.78, 5) is 3.94. The van der Waals surface area contributed by atoms with Gasteiger partial charge < -0.3 is 10.5 Å². The third-order valence-corrected chi connectivity index (χ3v) is 2.31. The van der Waals surface area contributed by atoms with Gasteiger partial charge in [0, 0.05) is 17.3 Å². The average molecular weight is 248 g/mol. The number of pyridine rings is 1. The number of ether oxygens (including phenoxy) is 1. The monoisotopic (exact) mass is 247 g/mol. The molecule has 4 nitrogen and oxygen atoms in total. The van der Waals surface area contributed by atoms with Crippen LogP contribution in [0.3, 0.4) is 0 Å². The Bertz CT molecular complexity index is 540. The second-order valence-corrected chi connectivity index (χ2v) is 3.78. The van der Waals surface area contributed by atoms with Crippen LogP contribution in [0.15, 0.2) is 42.6 Å². The van der Waals surface area contributed by atoms with Gasteiger partial charge in [0.1, 0.15) is 23.0 Å². The lowest BCUT2D eigenvalue weighted by Crippen LogP contribution is -2.12. The summed E-state index contributed by atoms with van der Waals surface area (Å²) in [5.41, 5.74) is 5.73. The Labute approximate surface area is 104 Å². The summed E-state index contributed by atoms with van der Waals surface area (Å²) < 4.78 is 5.57. The van der Waals surface area contributed by atoms with Gasteiger partial charge in [-0.05, 0) is 30.3 Å². The molecule has 17 heavy (non-hydrogen) atoms. The molecule has 0 unspecified atom stereocenters. The van der Waals surface area contributed by atoms with E-state index in [1.807, 2.05) is 0 Å². The smallest absolute Gasteiger partial charge is 0.141 e. The molecule has 1 aromatic carbocycles. The number of nitrogens with one attached hydrogen (secondary N) is 1. The summed E-state index contributed by atoms with van der Waals surface area (Å²) in [6, 6.07) is 10.3. The van der Waals surface area contributed by atoms with E-state index in [2.05, 4.69) is 4.98 Å². The lowest BCUT2D eigenvalue weighted by molar-refractivity contribution is 0.482. The molecule has 0 aliphatic carbocycles. The molecule has 2 aromatic rings. The topological polar surface area (TPSA) is 72.0 Å². The quantitative estimate of drug-likeness (QED) is 0.647. The van der Waals surface area contributed by atoms with E-state index < -0.39 is 0 Å². The van der Waals surface area contributed by atoms with E-state index >= 15 is 0 Å². The summed E-state index contributed by atoms with van der Waals surface area (Å²) in [6.07, 6.45) is 1.54. The number of nitrogens with zero attached hydrogens (tertiary/aromatic N) is 1. The van der Waals surface area contributed by atoms with E-state index in [1.165, 1.54) is 0 Å². The number of halogens is 1. The molecule has 0 amide bonds. The maximum absolute atomic E-state index is 7.28. The molecule has 0 saturated carbocycles. The molecular weight excluding hydrogens is 238 g/mol. The molecule has 86 valence electrons. The highest BCUT2D eigenvalue weighted by atomic mass is 35.5. The third-order valence-electron chi connectivity index (χ3n) is 2.06. The molecule has 3 N–H and O–H groups in total. The fraction of sp³-hybridized carbons (Fsp3) is 0. The first-order chi connectivity index (χ1) is 8.15. The number of aromatic nitrogens is 1. The summed E-state index contributed by atoms with van der Waals surface area (Å²) >= 11 is 5.77. The van der Waals surface area contributed by atoms with Crippen molar-refractivity contribution in [3.8, 4) is 11.5 Å². The second-order valence-electron chi connectivity index (χ2n) is 3.35. The molecule has 0 fully saturated rings. The van der Waals surface area contributed by atoms with E-state index in [9.17, 15) is 0 Å². The van der Waals surface area contributed by atoms with Crippen LogP contribution in [0.1, 0.15) is 5.69 Å². The van der Waals surface area contributed by atoms with Crippen LogP contribution in [0.2, 0.25) is 5.02 Å². The lowest BCUT2D eigenvalue weighted by atomic mass is 10.3. The van der Waals surface area contributed by atoms with Crippen LogP contribution in [0.4, 0.5) is 0 Å². The first kappa shape index (κ1) is 11.4. The molecule has 0 aliphatic rings. The van der Waals surface area contributed by atoms with Crippen molar-refractivity contribution in [1.82, 2.24) is 4.98 Å². The zero-order valence-corrected chi connectivity index (χ0v) is 9.61. The fourth-order valence-corrected chi connectivity index (χ4v) is 1.39. The Morgan fingerprint density at radius 1 is 1.18 bits per heavy atom. The molecule has 0 saturated heterocycles. The predicted molar refractivity (Wildman–Crippen MR) is 66.8 cm³/mol. The number of nitrogens with two attached hydrogens (primary N) is 1. The van der Waals surface area contributed by atoms with Gasteiger partial charge in [0.15, 0.2) is 0 Å². The Balaban J connectivity index is 2.21. The van der Waals surface area contributed by atoms with Crippen LogP contribution in [0.5, 0.6) is 11.5 Å². The molecule has 5 heteroatoms. The highest BCUT2D eigenvalue weighted by Crippen LogP contribution is 2.22. The maximum Gasteiger partial charge on any atom is 0.141 e. The molecule has 0 radical (unpaired) electrons. The highest BCUT2D eigenvalue weighted by molar-refractivity contribution is 6.30. The number of benzene rings is 1. The van der Waals surface area contributed by atoms with Gasteiger partial charge in [-0.3, -0.25) is 10.4 Å². The standard InChI is InChI=1S/C12H10ClN3O/c13-8-1-3-9(4-2-8)17-10-5-6-16-11(7-10)12(14)15/h1-7H,(H3,14,15). The average Bonchev–Trinajstić information content (AvgIpc) is 2.32. The molecule has 0 atom stereocenters. The van der Waals surface area contributed by atoms with E-state index in [-0.39, 0.29) is 5.84 Å². The minimum absolute atomic E-state index is 0.0912. The molecule has 0 bridgehead atoms. The van der Waals surface area contributed by atoms with Crippen molar-refractivity contribution < 1.29 is 4.74 Å². The van der Waals surface area contributed by atoms with Crippen molar-refractivity contribution in [1.29, 1.82) is 5.41 Å². The molecule has 0 aliphatic heterocycles. The Morgan fingerprint density at radius 2 is 1.88 bits per heavy atom. The van der Waals surface area contributed by atoms with Crippen LogP contribution in [0, 0.1) is 5.41 Å². The van der Waals surface area contributed by atoms with Gasteiger partial charge in [-0.15, -0.1) is 0 Å². The zero-order valence-electron chi connectivity index (χ0n) is 8.85. The van der Waals surface area contributed by atoms with Crippen molar-refractivity contribution in [2.24, 2.45) is 5.73 Å². The molecule has 1 aromatic heterocycles. The Kier molecular flexibility index (Phi) is 3.25. The number of hydrogen-bond acceptors (Lipinski definition) is 3. The van der Waals surface area contributed by atoms with Crippen LogP contribution in [-0.4, -0.2) is 10.8 Å². The minimum Gasteiger partial charge on any atom is -0.457 e. The maximum atomic E-state index is 7.28. The SMILES string of the molecule is N=C(N)c1cc(Oc2ccc(Cl)cc2)ccn1. The largest absolute Gasteiger partial charge is 0.457 e. The predicted octanol–water partition coefficient (Wildman–Crippen LogP) is 2.81. The van der Waals surface area contributed by atoms with Crippen LogP contribution in [-0.2, 0) is 0 Å². The van der Waals surface area contributed by atoms with Gasteiger partial charge in [0.05, 0.1) is 0 Å². The fourth-order valence-electron chi connectivity index (χ4n) is 1.26. The summed E-state index contributed by atoms with van der Waals surface area (Å²) in [5.74, 6) is 1.15. The van der Waals surface area contributed by atoms with Gasteiger partial charge in [0.25, 0.3) is 0 Å². The summed E-state index contributed by atoms with van der Waals surface area (Å²) in [6.45, 7) is 0. The van der Waals surface area contributed by atoms with Gasteiger partial charge in [-0.2, -0.15) is 0 Å². The first-order valence-corrected chi connectivity index (χ1v) is 5.27. The number of amidine groups is 1. The van der Waals surface area contributed by atoms with Crippen molar-refractivity contribution >= 4 is 17.4 Å². The summed E-state index contributed by atoms with van der Waals surface area (Å²) in [7, 11) is 0. The van der Waals surface area contributed by atoms with Crippen molar-refractivity contribution in [3.63, 3.8) is 0 Å². The van der Waals surface area contributed by atoms with Crippen LogP contribution in [0.25, 0.3) is 0 Å². The lowest BCUT2D eigenvalue weighted by Gasteiger charge is -2.06. The van der Waals surface area contributed by atoms with Crippen molar-refractivity contribution in [2.45, 2.75) is 0 Å². The first-order valence-electron chi connectivity index (χ1n) is 4.89. The van der Waals surface area contributed by atoms with Crippen molar-refractivity contribution in [2.75, 3.05) is 0 Å². The van der Waals surface area contributed by atoms with Gasteiger partial charge in [-0.1, -0.05) is 11.6 Å². The molecule has 2 rings (SSSR count). The van der Waals surface area contributed by atoms with Gasteiger partial charge >= 0.3 is 0 Å². The second kappa shape index (κ2) is 4.84. The normalized spacial score (nSPS) is 9.94. The zero-order chi connectivity index (χ0) is 12.3. The minimum atomic E-state index is -0.0912. The van der Waals surface area contributed by atoms with E-state index in [0.717, 1.165) is 0 Å². The van der Waals surface area contributed by atoms with E-state index in [1.54, 1.807) is 42.6 Å². The highest BCUT2D eigenvalue weighted by Gasteiger charge is 2.02. The molecule has 0 spiro atoms. The van der Waals surface area contributed by atoms with Crippen LogP contribution < -0.4 is 10.5 Å². The Morgan fingerprint density at radius 3 is 2.53 bits per heavy atom. The number of nitrogen functional groups attached to an aromatic ring is 1. The van der Waals surface area contributed by atoms with Gasteiger partial charge in [0.2, 0.25) is 0 Å². The molecular formula is C12H10ClN3O. The Hall–Kier alpha value is -2.07. The summed E-state index contributed by atoms with van der Waals surface area (Å²) in [5, 5.41) is 7.93. The van der Waals surface area contributed by atoms with E-state index in [0.29, 0.717) is 22.2 Å².